The lowest BCUT2D eigenvalue weighted by Crippen LogP contribution is -2.36. The molecule has 0 bridgehead atoms. The quantitative estimate of drug-likeness (QED) is 0.829. The van der Waals surface area contributed by atoms with Gasteiger partial charge in [-0.1, -0.05) is 6.42 Å². The second kappa shape index (κ2) is 6.02. The first kappa shape index (κ1) is 14.3. The van der Waals surface area contributed by atoms with Gasteiger partial charge in [-0.2, -0.15) is 0 Å². The van der Waals surface area contributed by atoms with Gasteiger partial charge in [0.2, 0.25) is 5.91 Å². The van der Waals surface area contributed by atoms with Gasteiger partial charge in [0.25, 0.3) is 0 Å². The summed E-state index contributed by atoms with van der Waals surface area (Å²) in [6.45, 7) is 2.48. The van der Waals surface area contributed by atoms with Crippen molar-refractivity contribution in [3.05, 3.63) is 24.5 Å². The highest BCUT2D eigenvalue weighted by atomic mass is 16.5. The first-order valence-electron chi connectivity index (χ1n) is 7.53. The predicted octanol–water partition coefficient (Wildman–Crippen LogP) is 1.74. The number of ether oxygens (including phenoxy) is 2. The molecule has 114 valence electrons. The van der Waals surface area contributed by atoms with E-state index in [2.05, 4.69) is 4.98 Å². The fraction of sp³-hybridized carbons (Fsp3) is 0.625. The summed E-state index contributed by atoms with van der Waals surface area (Å²) >= 11 is 0. The molecule has 2 fully saturated rings. The zero-order chi connectivity index (χ0) is 14.7. The lowest BCUT2D eigenvalue weighted by molar-refractivity contribution is -0.134. The van der Waals surface area contributed by atoms with Gasteiger partial charge in [-0.25, -0.2) is 0 Å². The van der Waals surface area contributed by atoms with Crippen molar-refractivity contribution in [1.82, 2.24) is 9.88 Å². The Labute approximate surface area is 125 Å². The average molecular weight is 290 g/mol. The van der Waals surface area contributed by atoms with Gasteiger partial charge in [0.15, 0.2) is 0 Å². The number of amides is 1. The van der Waals surface area contributed by atoms with Gasteiger partial charge in [-0.15, -0.1) is 0 Å². The molecule has 1 amide bonds. The zero-order valence-corrected chi connectivity index (χ0v) is 12.5. The normalized spacial score (nSPS) is 27.7. The van der Waals surface area contributed by atoms with Crippen LogP contribution in [-0.2, 0) is 9.53 Å². The van der Waals surface area contributed by atoms with Crippen LogP contribution in [0, 0.1) is 11.3 Å². The smallest absolute Gasteiger partial charge is 0.248 e. The standard InChI is InChI=1S/C16H22N2O3/c1-20-10-15(19)18-9-13-4-2-6-16(13,11-18)12-21-14-5-3-7-17-8-14/h3,5,7-8,13H,2,4,6,9-12H2,1H3/t13-,16-/m1/s1. The number of rotatable bonds is 5. The third kappa shape index (κ3) is 2.88. The first-order chi connectivity index (χ1) is 10.2. The molecule has 1 saturated heterocycles. The zero-order valence-electron chi connectivity index (χ0n) is 12.5. The summed E-state index contributed by atoms with van der Waals surface area (Å²) in [6, 6.07) is 3.80. The molecule has 0 spiro atoms. The average Bonchev–Trinajstić information content (AvgIpc) is 3.03. The number of nitrogens with zero attached hydrogens (tertiary/aromatic N) is 2. The Kier molecular flexibility index (Phi) is 4.10. The van der Waals surface area contributed by atoms with Crippen molar-refractivity contribution in [2.75, 3.05) is 33.4 Å². The van der Waals surface area contributed by atoms with E-state index in [4.69, 9.17) is 9.47 Å². The molecule has 3 rings (SSSR count). The van der Waals surface area contributed by atoms with Crippen LogP contribution in [-0.4, -0.2) is 49.2 Å². The van der Waals surface area contributed by atoms with Crippen LogP contribution in [0.4, 0.5) is 0 Å². The Bertz CT molecular complexity index is 494. The van der Waals surface area contributed by atoms with Gasteiger partial charge in [0.1, 0.15) is 12.4 Å². The fourth-order valence-electron chi connectivity index (χ4n) is 3.71. The summed E-state index contributed by atoms with van der Waals surface area (Å²) < 4.78 is 10.9. The van der Waals surface area contributed by atoms with E-state index in [0.29, 0.717) is 12.5 Å². The Morgan fingerprint density at radius 1 is 1.57 bits per heavy atom. The number of hydrogen-bond donors (Lipinski definition) is 0. The molecule has 1 saturated carbocycles. The minimum atomic E-state index is 0.0904. The van der Waals surface area contributed by atoms with E-state index in [1.54, 1.807) is 19.5 Å². The van der Waals surface area contributed by atoms with Crippen LogP contribution in [0.25, 0.3) is 0 Å². The van der Waals surface area contributed by atoms with Crippen molar-refractivity contribution in [3.8, 4) is 5.75 Å². The lowest BCUT2D eigenvalue weighted by Gasteiger charge is -2.28. The minimum absolute atomic E-state index is 0.0904. The second-order valence-corrected chi connectivity index (χ2v) is 6.14. The number of aromatic nitrogens is 1. The molecular weight excluding hydrogens is 268 g/mol. The third-order valence-electron chi connectivity index (χ3n) is 4.82. The maximum absolute atomic E-state index is 12.0. The molecule has 2 heterocycles. The van der Waals surface area contributed by atoms with E-state index >= 15 is 0 Å². The highest BCUT2D eigenvalue weighted by molar-refractivity contribution is 5.77. The van der Waals surface area contributed by atoms with Gasteiger partial charge < -0.3 is 14.4 Å². The van der Waals surface area contributed by atoms with Crippen LogP contribution in [0.2, 0.25) is 0 Å². The summed E-state index contributed by atoms with van der Waals surface area (Å²) in [7, 11) is 1.57. The third-order valence-corrected chi connectivity index (χ3v) is 4.82. The number of carbonyl (C=O) groups is 1. The number of hydrogen-bond acceptors (Lipinski definition) is 4. The number of methoxy groups -OCH3 is 1. The second-order valence-electron chi connectivity index (χ2n) is 6.14. The molecule has 1 aromatic heterocycles. The highest BCUT2D eigenvalue weighted by Gasteiger charge is 2.51. The molecule has 1 aliphatic heterocycles. The Morgan fingerprint density at radius 2 is 2.48 bits per heavy atom. The van der Waals surface area contributed by atoms with Crippen molar-refractivity contribution in [2.45, 2.75) is 19.3 Å². The molecule has 5 heteroatoms. The van der Waals surface area contributed by atoms with Crippen LogP contribution < -0.4 is 4.74 Å². The molecule has 1 aliphatic carbocycles. The lowest BCUT2D eigenvalue weighted by atomic mass is 9.81. The van der Waals surface area contributed by atoms with Crippen LogP contribution in [0.1, 0.15) is 19.3 Å². The van der Waals surface area contributed by atoms with E-state index in [1.165, 1.54) is 12.8 Å². The SMILES string of the molecule is COCC(=O)N1C[C@H]2CCC[C@]2(COc2cccnc2)C1. The summed E-state index contributed by atoms with van der Waals surface area (Å²) in [4.78, 5) is 18.1. The summed E-state index contributed by atoms with van der Waals surface area (Å²) in [5.74, 6) is 1.45. The molecule has 1 aromatic rings. The molecule has 2 aliphatic rings. The summed E-state index contributed by atoms with van der Waals surface area (Å²) in [6.07, 6.45) is 7.03. The van der Waals surface area contributed by atoms with Crippen molar-refractivity contribution in [2.24, 2.45) is 11.3 Å². The van der Waals surface area contributed by atoms with E-state index in [9.17, 15) is 4.79 Å². The van der Waals surface area contributed by atoms with Gasteiger partial charge in [-0.3, -0.25) is 9.78 Å². The largest absolute Gasteiger partial charge is 0.491 e. The molecular formula is C16H22N2O3. The Hall–Kier alpha value is -1.62. The van der Waals surface area contributed by atoms with Crippen LogP contribution in [0.15, 0.2) is 24.5 Å². The van der Waals surface area contributed by atoms with E-state index in [1.807, 2.05) is 17.0 Å². The Balaban J connectivity index is 1.65. The van der Waals surface area contributed by atoms with Gasteiger partial charge in [-0.05, 0) is 30.9 Å². The maximum Gasteiger partial charge on any atom is 0.248 e. The monoisotopic (exact) mass is 290 g/mol. The molecule has 5 nitrogen and oxygen atoms in total. The summed E-state index contributed by atoms with van der Waals surface area (Å²) in [5.41, 5.74) is 0.110. The minimum Gasteiger partial charge on any atom is -0.491 e. The molecule has 0 aromatic carbocycles. The van der Waals surface area contributed by atoms with Crippen LogP contribution in [0.3, 0.4) is 0 Å². The molecule has 2 atom stereocenters. The van der Waals surface area contributed by atoms with Gasteiger partial charge in [0.05, 0.1) is 12.8 Å². The number of fused-ring (bicyclic) bond motifs is 1. The highest BCUT2D eigenvalue weighted by Crippen LogP contribution is 2.48. The van der Waals surface area contributed by atoms with Crippen LogP contribution in [0.5, 0.6) is 5.75 Å². The van der Waals surface area contributed by atoms with Crippen molar-refractivity contribution < 1.29 is 14.3 Å². The van der Waals surface area contributed by atoms with Gasteiger partial charge >= 0.3 is 0 Å². The van der Waals surface area contributed by atoms with Crippen molar-refractivity contribution in [1.29, 1.82) is 0 Å². The van der Waals surface area contributed by atoms with E-state index in [0.717, 1.165) is 25.3 Å². The summed E-state index contributed by atoms with van der Waals surface area (Å²) in [5, 5.41) is 0. The number of pyridine rings is 1. The van der Waals surface area contributed by atoms with Crippen LogP contribution >= 0.6 is 0 Å². The molecule has 0 N–H and O–H groups in total. The number of likely N-dealkylation sites (tertiary alicyclic amines) is 1. The van der Waals surface area contributed by atoms with Crippen molar-refractivity contribution in [3.63, 3.8) is 0 Å². The predicted molar refractivity (Wildman–Crippen MR) is 78.0 cm³/mol. The van der Waals surface area contributed by atoms with Gasteiger partial charge in [0, 0.05) is 31.8 Å². The fourth-order valence-corrected chi connectivity index (χ4v) is 3.71. The first-order valence-corrected chi connectivity index (χ1v) is 7.53. The maximum atomic E-state index is 12.0. The molecule has 0 radical (unpaired) electrons. The molecule has 0 unspecified atom stereocenters. The topological polar surface area (TPSA) is 51.7 Å². The molecule has 21 heavy (non-hydrogen) atoms. The van der Waals surface area contributed by atoms with E-state index < -0.39 is 0 Å². The number of carbonyl (C=O) groups excluding carboxylic acids is 1. The van der Waals surface area contributed by atoms with E-state index in [-0.39, 0.29) is 17.9 Å². The van der Waals surface area contributed by atoms with Crippen molar-refractivity contribution >= 4 is 5.91 Å². The Morgan fingerprint density at radius 3 is 3.24 bits per heavy atom.